The maximum Gasteiger partial charge on any atom is 0.335 e. The van der Waals surface area contributed by atoms with Crippen molar-refractivity contribution in [2.75, 3.05) is 12.0 Å². The summed E-state index contributed by atoms with van der Waals surface area (Å²) >= 11 is 0. The van der Waals surface area contributed by atoms with Gasteiger partial charge < -0.3 is 15.2 Å². The largest absolute Gasteiger partial charge is 0.478 e. The molecule has 0 radical (unpaired) electrons. The molecule has 0 amide bonds. The Morgan fingerprint density at radius 2 is 1.88 bits per heavy atom. The molecule has 0 bridgehead atoms. The average molecular weight is 223 g/mol. The summed E-state index contributed by atoms with van der Waals surface area (Å²) in [4.78, 5) is 10.6. The molecule has 4 heteroatoms. The Balaban J connectivity index is 2.47. The minimum atomic E-state index is -0.919. The van der Waals surface area contributed by atoms with E-state index in [4.69, 9.17) is 9.84 Å². The van der Waals surface area contributed by atoms with Crippen molar-refractivity contribution < 1.29 is 14.6 Å². The van der Waals surface area contributed by atoms with Crippen LogP contribution in [-0.4, -0.2) is 23.4 Å². The number of nitrogens with one attached hydrogen (secondary N) is 1. The SMILES string of the molecule is CC(C)(C)OCNc1ccc(C(=O)O)cc1. The van der Waals surface area contributed by atoms with E-state index in [1.165, 1.54) is 0 Å². The molecule has 0 aliphatic carbocycles. The van der Waals surface area contributed by atoms with E-state index in [0.717, 1.165) is 5.69 Å². The molecule has 88 valence electrons. The normalized spacial score (nSPS) is 11.2. The van der Waals surface area contributed by atoms with Crippen LogP contribution in [-0.2, 0) is 4.74 Å². The molecule has 1 rings (SSSR count). The van der Waals surface area contributed by atoms with Gasteiger partial charge in [-0.3, -0.25) is 0 Å². The zero-order chi connectivity index (χ0) is 12.2. The standard InChI is InChI=1S/C12H17NO3/c1-12(2,3)16-8-13-10-6-4-9(5-7-10)11(14)15/h4-7,13H,8H2,1-3H3,(H,14,15). The molecule has 0 unspecified atom stereocenters. The van der Waals surface area contributed by atoms with E-state index in [1.54, 1.807) is 24.3 Å². The van der Waals surface area contributed by atoms with Gasteiger partial charge in [0.15, 0.2) is 0 Å². The van der Waals surface area contributed by atoms with Crippen molar-refractivity contribution in [1.82, 2.24) is 0 Å². The van der Waals surface area contributed by atoms with Gasteiger partial charge in [0.25, 0.3) is 0 Å². The summed E-state index contributed by atoms with van der Waals surface area (Å²) in [5, 5.41) is 11.8. The predicted octanol–water partition coefficient (Wildman–Crippen LogP) is 2.57. The number of benzene rings is 1. The number of carboxylic acid groups (broad SMARTS) is 1. The number of anilines is 1. The molecule has 0 aliphatic rings. The van der Waals surface area contributed by atoms with Crippen LogP contribution in [0.1, 0.15) is 31.1 Å². The van der Waals surface area contributed by atoms with E-state index in [9.17, 15) is 4.79 Å². The van der Waals surface area contributed by atoms with Gasteiger partial charge in [0, 0.05) is 5.69 Å². The quantitative estimate of drug-likeness (QED) is 0.770. The fourth-order valence-corrected chi connectivity index (χ4v) is 1.07. The van der Waals surface area contributed by atoms with Crippen LogP contribution in [0.4, 0.5) is 5.69 Å². The molecule has 1 aromatic rings. The van der Waals surface area contributed by atoms with E-state index in [1.807, 2.05) is 20.8 Å². The van der Waals surface area contributed by atoms with Crippen LogP contribution in [0.3, 0.4) is 0 Å². The van der Waals surface area contributed by atoms with Crippen LogP contribution in [0.5, 0.6) is 0 Å². The van der Waals surface area contributed by atoms with Gasteiger partial charge in [0.05, 0.1) is 11.2 Å². The Kier molecular flexibility index (Phi) is 3.90. The molecule has 0 heterocycles. The smallest absolute Gasteiger partial charge is 0.335 e. The Morgan fingerprint density at radius 3 is 2.31 bits per heavy atom. The highest BCUT2D eigenvalue weighted by molar-refractivity contribution is 5.87. The first-order valence-electron chi connectivity index (χ1n) is 5.10. The van der Waals surface area contributed by atoms with E-state index in [-0.39, 0.29) is 11.2 Å². The van der Waals surface area contributed by atoms with Crippen molar-refractivity contribution in [3.8, 4) is 0 Å². The summed E-state index contributed by atoms with van der Waals surface area (Å²) in [5.74, 6) is -0.919. The van der Waals surface area contributed by atoms with Crippen molar-refractivity contribution in [2.45, 2.75) is 26.4 Å². The number of hydrogen-bond acceptors (Lipinski definition) is 3. The van der Waals surface area contributed by atoms with Crippen molar-refractivity contribution in [1.29, 1.82) is 0 Å². The third kappa shape index (κ3) is 4.31. The van der Waals surface area contributed by atoms with E-state index < -0.39 is 5.97 Å². The van der Waals surface area contributed by atoms with Gasteiger partial charge in [-0.05, 0) is 45.0 Å². The Hall–Kier alpha value is -1.55. The number of carbonyl (C=O) groups is 1. The van der Waals surface area contributed by atoms with Gasteiger partial charge in [0.1, 0.15) is 6.73 Å². The number of rotatable bonds is 4. The first-order valence-corrected chi connectivity index (χ1v) is 5.10. The molecule has 0 aromatic heterocycles. The monoisotopic (exact) mass is 223 g/mol. The lowest BCUT2D eigenvalue weighted by atomic mass is 10.2. The lowest BCUT2D eigenvalue weighted by Gasteiger charge is -2.20. The fourth-order valence-electron chi connectivity index (χ4n) is 1.07. The molecule has 2 N–H and O–H groups in total. The Labute approximate surface area is 95.2 Å². The lowest BCUT2D eigenvalue weighted by Crippen LogP contribution is -2.23. The minimum Gasteiger partial charge on any atom is -0.478 e. The number of hydrogen-bond donors (Lipinski definition) is 2. The second-order valence-corrected chi connectivity index (χ2v) is 4.46. The van der Waals surface area contributed by atoms with Gasteiger partial charge in [-0.15, -0.1) is 0 Å². The minimum absolute atomic E-state index is 0.187. The number of ether oxygens (including phenoxy) is 1. The maximum absolute atomic E-state index is 10.6. The molecule has 0 atom stereocenters. The molecular weight excluding hydrogens is 206 g/mol. The van der Waals surface area contributed by atoms with Crippen LogP contribution >= 0.6 is 0 Å². The van der Waals surface area contributed by atoms with E-state index in [2.05, 4.69) is 5.32 Å². The van der Waals surface area contributed by atoms with E-state index in [0.29, 0.717) is 6.73 Å². The summed E-state index contributed by atoms with van der Waals surface area (Å²) in [6, 6.07) is 6.55. The Morgan fingerprint density at radius 1 is 1.31 bits per heavy atom. The molecule has 4 nitrogen and oxygen atoms in total. The van der Waals surface area contributed by atoms with Crippen LogP contribution in [0.15, 0.2) is 24.3 Å². The van der Waals surface area contributed by atoms with Crippen LogP contribution < -0.4 is 5.32 Å². The second-order valence-electron chi connectivity index (χ2n) is 4.46. The van der Waals surface area contributed by atoms with E-state index >= 15 is 0 Å². The van der Waals surface area contributed by atoms with Gasteiger partial charge in [-0.25, -0.2) is 4.79 Å². The maximum atomic E-state index is 10.6. The molecule has 0 saturated heterocycles. The summed E-state index contributed by atoms with van der Waals surface area (Å²) < 4.78 is 5.48. The van der Waals surface area contributed by atoms with Crippen molar-refractivity contribution in [3.05, 3.63) is 29.8 Å². The third-order valence-corrected chi connectivity index (χ3v) is 1.91. The Bertz CT molecular complexity index is 352. The highest BCUT2D eigenvalue weighted by Gasteiger charge is 2.09. The van der Waals surface area contributed by atoms with Crippen molar-refractivity contribution in [3.63, 3.8) is 0 Å². The van der Waals surface area contributed by atoms with Crippen molar-refractivity contribution >= 4 is 11.7 Å². The number of aromatic carboxylic acids is 1. The molecule has 0 fully saturated rings. The average Bonchev–Trinajstić information content (AvgIpc) is 2.16. The molecular formula is C12H17NO3. The second kappa shape index (κ2) is 4.99. The molecule has 0 saturated carbocycles. The predicted molar refractivity (Wildman–Crippen MR) is 62.7 cm³/mol. The molecule has 16 heavy (non-hydrogen) atoms. The lowest BCUT2D eigenvalue weighted by molar-refractivity contribution is 0.00846. The van der Waals surface area contributed by atoms with Crippen LogP contribution in [0, 0.1) is 0 Å². The summed E-state index contributed by atoms with van der Waals surface area (Å²) in [6.07, 6.45) is 0. The highest BCUT2D eigenvalue weighted by Crippen LogP contribution is 2.11. The first kappa shape index (κ1) is 12.5. The third-order valence-electron chi connectivity index (χ3n) is 1.91. The highest BCUT2D eigenvalue weighted by atomic mass is 16.5. The van der Waals surface area contributed by atoms with Gasteiger partial charge in [-0.2, -0.15) is 0 Å². The molecule has 0 aliphatic heterocycles. The van der Waals surface area contributed by atoms with Gasteiger partial charge >= 0.3 is 5.97 Å². The summed E-state index contributed by atoms with van der Waals surface area (Å²) in [7, 11) is 0. The molecule has 1 aromatic carbocycles. The zero-order valence-corrected chi connectivity index (χ0v) is 9.78. The van der Waals surface area contributed by atoms with Gasteiger partial charge in [0.2, 0.25) is 0 Å². The topological polar surface area (TPSA) is 58.6 Å². The van der Waals surface area contributed by atoms with Crippen molar-refractivity contribution in [2.24, 2.45) is 0 Å². The van der Waals surface area contributed by atoms with Gasteiger partial charge in [-0.1, -0.05) is 0 Å². The zero-order valence-electron chi connectivity index (χ0n) is 9.78. The summed E-state index contributed by atoms with van der Waals surface area (Å²) in [6.45, 7) is 6.32. The number of carboxylic acids is 1. The van der Waals surface area contributed by atoms with Crippen LogP contribution in [0.2, 0.25) is 0 Å². The van der Waals surface area contributed by atoms with Crippen LogP contribution in [0.25, 0.3) is 0 Å². The fraction of sp³-hybridized carbons (Fsp3) is 0.417. The summed E-state index contributed by atoms with van der Waals surface area (Å²) in [5.41, 5.74) is 0.935. The first-order chi connectivity index (χ1) is 7.38. The molecule has 0 spiro atoms.